The number of hydrogen-bond acceptors (Lipinski definition) is 4. The maximum absolute atomic E-state index is 14.0. The van der Waals surface area contributed by atoms with Crippen molar-refractivity contribution in [3.05, 3.63) is 77.2 Å². The zero-order chi connectivity index (χ0) is 26.7. The van der Waals surface area contributed by atoms with Crippen LogP contribution in [0.3, 0.4) is 0 Å². The summed E-state index contributed by atoms with van der Waals surface area (Å²) in [6, 6.07) is 11.9. The molecule has 1 aliphatic rings. The predicted molar refractivity (Wildman–Crippen MR) is 139 cm³/mol. The van der Waals surface area contributed by atoms with Crippen molar-refractivity contribution in [2.75, 3.05) is 17.2 Å². The van der Waals surface area contributed by atoms with Gasteiger partial charge in [-0.1, -0.05) is 26.0 Å². The number of pyridine rings is 1. The van der Waals surface area contributed by atoms with E-state index >= 15 is 0 Å². The molecular formula is C28H29FN4O4. The quantitative estimate of drug-likeness (QED) is 0.402. The number of nitrogens with zero attached hydrogens (tertiary/aromatic N) is 2. The molecule has 0 spiro atoms. The van der Waals surface area contributed by atoms with Crippen molar-refractivity contribution in [2.24, 2.45) is 0 Å². The molecule has 3 N–H and O–H groups in total. The highest BCUT2D eigenvalue weighted by Crippen LogP contribution is 2.25. The molecule has 0 aliphatic carbocycles. The van der Waals surface area contributed by atoms with Gasteiger partial charge >= 0.3 is 12.0 Å². The molecule has 3 aromatic rings. The minimum Gasteiger partial charge on any atom is -0.478 e. The number of benzene rings is 2. The monoisotopic (exact) mass is 504 g/mol. The van der Waals surface area contributed by atoms with Crippen LogP contribution in [0.4, 0.5) is 20.7 Å². The predicted octanol–water partition coefficient (Wildman–Crippen LogP) is 5.65. The molecule has 0 unspecified atom stereocenters. The number of amides is 3. The SMILES string of the molecule is Cc1cc(NC(=O)N2CCC[C@@H]2C(=O)Nc2ccc(-c3ccc(C(=O)O)c(F)c3)cn2)ccc1C(C)C. The number of aromatic nitrogens is 1. The number of aryl methyl sites for hydroxylation is 1. The maximum Gasteiger partial charge on any atom is 0.338 e. The molecule has 1 aromatic heterocycles. The first kappa shape index (κ1) is 25.8. The lowest BCUT2D eigenvalue weighted by atomic mass is 9.98. The topological polar surface area (TPSA) is 112 Å². The molecule has 2 heterocycles. The Kier molecular flexibility index (Phi) is 7.52. The smallest absolute Gasteiger partial charge is 0.338 e. The van der Waals surface area contributed by atoms with Gasteiger partial charge in [-0.15, -0.1) is 0 Å². The third-order valence-corrected chi connectivity index (χ3v) is 6.51. The van der Waals surface area contributed by atoms with Gasteiger partial charge in [-0.2, -0.15) is 0 Å². The fourth-order valence-electron chi connectivity index (χ4n) is 4.60. The molecule has 4 rings (SSSR count). The summed E-state index contributed by atoms with van der Waals surface area (Å²) in [5, 5.41) is 14.6. The number of urea groups is 1. The fourth-order valence-corrected chi connectivity index (χ4v) is 4.60. The summed E-state index contributed by atoms with van der Waals surface area (Å²) in [7, 11) is 0. The van der Waals surface area contributed by atoms with Gasteiger partial charge in [0.05, 0.1) is 5.56 Å². The summed E-state index contributed by atoms with van der Waals surface area (Å²) >= 11 is 0. The van der Waals surface area contributed by atoms with E-state index in [1.807, 2.05) is 25.1 Å². The molecule has 8 nitrogen and oxygen atoms in total. The van der Waals surface area contributed by atoms with E-state index in [0.29, 0.717) is 47.9 Å². The van der Waals surface area contributed by atoms with Crippen LogP contribution in [0.5, 0.6) is 0 Å². The van der Waals surface area contributed by atoms with Crippen LogP contribution >= 0.6 is 0 Å². The van der Waals surface area contributed by atoms with Gasteiger partial charge in [0, 0.05) is 24.0 Å². The lowest BCUT2D eigenvalue weighted by Gasteiger charge is -2.24. The van der Waals surface area contributed by atoms with Gasteiger partial charge in [0.25, 0.3) is 0 Å². The van der Waals surface area contributed by atoms with E-state index in [0.717, 1.165) is 11.6 Å². The van der Waals surface area contributed by atoms with Gasteiger partial charge in [-0.05, 0) is 78.8 Å². The van der Waals surface area contributed by atoms with Gasteiger partial charge in [0.2, 0.25) is 5.91 Å². The number of likely N-dealkylation sites (tertiary alicyclic amines) is 1. The molecule has 1 aliphatic heterocycles. The number of hydrogen-bond donors (Lipinski definition) is 3. The second kappa shape index (κ2) is 10.8. The third kappa shape index (κ3) is 5.77. The van der Waals surface area contributed by atoms with E-state index in [-0.39, 0.29) is 11.9 Å². The Labute approximate surface area is 214 Å². The van der Waals surface area contributed by atoms with Crippen LogP contribution in [0, 0.1) is 12.7 Å². The first-order valence-electron chi connectivity index (χ1n) is 12.1. The summed E-state index contributed by atoms with van der Waals surface area (Å²) in [5.74, 6) is -1.83. The molecule has 1 fully saturated rings. The van der Waals surface area contributed by atoms with Crippen molar-refractivity contribution in [1.82, 2.24) is 9.88 Å². The Bertz CT molecular complexity index is 1340. The van der Waals surface area contributed by atoms with Gasteiger partial charge in [-0.25, -0.2) is 19.0 Å². The molecule has 0 bridgehead atoms. The second-order valence-electron chi connectivity index (χ2n) is 9.43. The van der Waals surface area contributed by atoms with Crippen molar-refractivity contribution in [1.29, 1.82) is 0 Å². The highest BCUT2D eigenvalue weighted by molar-refractivity contribution is 5.99. The Morgan fingerprint density at radius 3 is 2.43 bits per heavy atom. The lowest BCUT2D eigenvalue weighted by molar-refractivity contribution is -0.119. The van der Waals surface area contributed by atoms with Gasteiger partial charge < -0.3 is 20.6 Å². The molecule has 0 saturated carbocycles. The van der Waals surface area contributed by atoms with E-state index in [2.05, 4.69) is 29.5 Å². The summed E-state index contributed by atoms with van der Waals surface area (Å²) < 4.78 is 14.0. The minimum atomic E-state index is -1.34. The van der Waals surface area contributed by atoms with Crippen LogP contribution < -0.4 is 10.6 Å². The number of halogens is 1. The third-order valence-electron chi connectivity index (χ3n) is 6.51. The number of carboxylic acids is 1. The number of rotatable bonds is 6. The molecule has 1 atom stereocenters. The van der Waals surface area contributed by atoms with Crippen LogP contribution in [-0.2, 0) is 4.79 Å². The van der Waals surface area contributed by atoms with Crippen molar-refractivity contribution >= 4 is 29.4 Å². The number of carbonyl (C=O) groups is 3. The Hall–Kier alpha value is -4.27. The van der Waals surface area contributed by atoms with Crippen LogP contribution in [0.1, 0.15) is 54.1 Å². The molecule has 3 amide bonds. The second-order valence-corrected chi connectivity index (χ2v) is 9.43. The summed E-state index contributed by atoms with van der Waals surface area (Å²) in [4.78, 5) is 42.7. The number of carboxylic acid groups (broad SMARTS) is 1. The van der Waals surface area contributed by atoms with E-state index in [9.17, 15) is 18.8 Å². The molecular weight excluding hydrogens is 475 g/mol. The van der Waals surface area contributed by atoms with Gasteiger partial charge in [0.1, 0.15) is 17.7 Å². The normalized spacial score (nSPS) is 15.1. The number of anilines is 2. The molecule has 2 aromatic carbocycles. The Morgan fingerprint density at radius 2 is 1.81 bits per heavy atom. The molecule has 1 saturated heterocycles. The highest BCUT2D eigenvalue weighted by atomic mass is 19.1. The van der Waals surface area contributed by atoms with E-state index < -0.39 is 23.4 Å². The Morgan fingerprint density at radius 1 is 1.05 bits per heavy atom. The van der Waals surface area contributed by atoms with Crippen LogP contribution in [-0.4, -0.2) is 45.5 Å². The number of carbonyl (C=O) groups excluding carboxylic acids is 2. The van der Waals surface area contributed by atoms with Crippen molar-refractivity contribution < 1.29 is 23.9 Å². The van der Waals surface area contributed by atoms with Crippen LogP contribution in [0.15, 0.2) is 54.7 Å². The van der Waals surface area contributed by atoms with Crippen molar-refractivity contribution in [3.63, 3.8) is 0 Å². The minimum absolute atomic E-state index is 0.295. The molecule has 0 radical (unpaired) electrons. The van der Waals surface area contributed by atoms with Gasteiger partial charge in [-0.3, -0.25) is 4.79 Å². The summed E-state index contributed by atoms with van der Waals surface area (Å²) in [6.45, 7) is 6.72. The average molecular weight is 505 g/mol. The van der Waals surface area contributed by atoms with Crippen LogP contribution in [0.25, 0.3) is 11.1 Å². The molecule has 9 heteroatoms. The van der Waals surface area contributed by atoms with Crippen LogP contribution in [0.2, 0.25) is 0 Å². The number of aromatic carboxylic acids is 1. The summed E-state index contributed by atoms with van der Waals surface area (Å²) in [6.07, 6.45) is 2.71. The average Bonchev–Trinajstić information content (AvgIpc) is 3.34. The molecule has 37 heavy (non-hydrogen) atoms. The Balaban J connectivity index is 1.40. The number of nitrogens with one attached hydrogen (secondary N) is 2. The van der Waals surface area contributed by atoms with Crippen molar-refractivity contribution in [3.8, 4) is 11.1 Å². The lowest BCUT2D eigenvalue weighted by Crippen LogP contribution is -2.45. The van der Waals surface area contributed by atoms with Gasteiger partial charge in [0.15, 0.2) is 0 Å². The van der Waals surface area contributed by atoms with E-state index in [1.165, 1.54) is 28.8 Å². The standard InChI is InChI=1S/C28H29FN4O4/c1-16(2)21-10-8-20(13-17(21)3)31-28(37)33-12-4-5-24(33)26(34)32-25-11-7-19(15-30-25)18-6-9-22(27(35)36)23(29)14-18/h6-11,13-16,24H,4-5,12H2,1-3H3,(H,31,37)(H,35,36)(H,30,32,34)/t24-/m1/s1. The highest BCUT2D eigenvalue weighted by Gasteiger charge is 2.34. The fraction of sp³-hybridized carbons (Fsp3) is 0.286. The van der Waals surface area contributed by atoms with E-state index in [1.54, 1.807) is 12.1 Å². The first-order valence-corrected chi connectivity index (χ1v) is 12.1. The largest absolute Gasteiger partial charge is 0.478 e. The molecule has 192 valence electrons. The first-order chi connectivity index (χ1) is 17.6. The van der Waals surface area contributed by atoms with Crippen molar-refractivity contribution in [2.45, 2.75) is 45.6 Å². The zero-order valence-corrected chi connectivity index (χ0v) is 20.9. The van der Waals surface area contributed by atoms with E-state index in [4.69, 9.17) is 5.11 Å². The zero-order valence-electron chi connectivity index (χ0n) is 20.9. The summed E-state index contributed by atoms with van der Waals surface area (Å²) in [5.41, 5.74) is 3.62. The maximum atomic E-state index is 14.0.